The Labute approximate surface area is 222 Å². The standard InChI is InChI=1S/C32H43N5/c1-6-7-13-27-35-28-29(25-11-8-9-12-26(25)34-30(28)33)37(27)21-24-16-14-23(15-17-24)20-36(31(2,3)4)22-32(5)18-10-19-32/h8-9,11-12,14-17H,6-7,10,13,18-22H2,1-5H3,(H2,33,34). The Balaban J connectivity index is 1.44. The average molecular weight is 498 g/mol. The van der Waals surface area contributed by atoms with Crippen molar-refractivity contribution in [3.8, 4) is 0 Å². The predicted molar refractivity (Wildman–Crippen MR) is 156 cm³/mol. The molecule has 5 nitrogen and oxygen atoms in total. The molecule has 2 N–H and O–H groups in total. The van der Waals surface area contributed by atoms with E-state index in [1.54, 1.807) is 0 Å². The molecule has 4 aromatic rings. The number of anilines is 1. The number of benzene rings is 2. The molecule has 1 saturated carbocycles. The van der Waals surface area contributed by atoms with Crippen LogP contribution in [0.3, 0.4) is 0 Å². The van der Waals surface area contributed by atoms with E-state index < -0.39 is 0 Å². The Morgan fingerprint density at radius 2 is 1.70 bits per heavy atom. The first-order valence-corrected chi connectivity index (χ1v) is 14.0. The van der Waals surface area contributed by atoms with E-state index in [4.69, 9.17) is 10.7 Å². The summed E-state index contributed by atoms with van der Waals surface area (Å²) in [5.41, 5.74) is 12.5. The van der Waals surface area contributed by atoms with Gasteiger partial charge in [-0.05, 0) is 62.6 Å². The highest BCUT2D eigenvalue weighted by atomic mass is 15.2. The molecule has 5 rings (SSSR count). The van der Waals surface area contributed by atoms with Crippen molar-refractivity contribution in [3.05, 3.63) is 65.5 Å². The Morgan fingerprint density at radius 3 is 2.35 bits per heavy atom. The molecule has 0 unspecified atom stereocenters. The number of aryl methyl sites for hydroxylation is 1. The summed E-state index contributed by atoms with van der Waals surface area (Å²) in [6, 6.07) is 17.5. The van der Waals surface area contributed by atoms with Gasteiger partial charge in [0.2, 0.25) is 0 Å². The lowest BCUT2D eigenvalue weighted by atomic mass is 9.69. The molecular formula is C32H43N5. The molecule has 2 heterocycles. The molecule has 0 atom stereocenters. The summed E-state index contributed by atoms with van der Waals surface area (Å²) in [5, 5.41) is 1.11. The smallest absolute Gasteiger partial charge is 0.152 e. The van der Waals surface area contributed by atoms with E-state index in [2.05, 4.69) is 85.5 Å². The van der Waals surface area contributed by atoms with Gasteiger partial charge >= 0.3 is 0 Å². The van der Waals surface area contributed by atoms with E-state index in [1.807, 2.05) is 12.1 Å². The lowest BCUT2D eigenvalue weighted by Gasteiger charge is -2.47. The second-order valence-electron chi connectivity index (χ2n) is 12.4. The van der Waals surface area contributed by atoms with Gasteiger partial charge in [0, 0.05) is 37.0 Å². The normalized spacial score (nSPS) is 15.5. The second kappa shape index (κ2) is 10.1. The topological polar surface area (TPSA) is 60.0 Å². The van der Waals surface area contributed by atoms with E-state index in [-0.39, 0.29) is 5.54 Å². The molecule has 0 bridgehead atoms. The van der Waals surface area contributed by atoms with Crippen LogP contribution in [0.15, 0.2) is 48.5 Å². The van der Waals surface area contributed by atoms with E-state index in [9.17, 15) is 0 Å². The van der Waals surface area contributed by atoms with Crippen LogP contribution in [0.1, 0.15) is 83.7 Å². The molecular weight excluding hydrogens is 454 g/mol. The molecule has 0 spiro atoms. The van der Waals surface area contributed by atoms with Gasteiger partial charge < -0.3 is 10.3 Å². The summed E-state index contributed by atoms with van der Waals surface area (Å²) >= 11 is 0. The molecule has 1 fully saturated rings. The van der Waals surface area contributed by atoms with Crippen LogP contribution in [0.5, 0.6) is 0 Å². The first-order chi connectivity index (χ1) is 17.7. The van der Waals surface area contributed by atoms with Gasteiger partial charge in [0.15, 0.2) is 5.82 Å². The summed E-state index contributed by atoms with van der Waals surface area (Å²) in [6.07, 6.45) is 7.27. The maximum absolute atomic E-state index is 6.39. The quantitative estimate of drug-likeness (QED) is 0.263. The van der Waals surface area contributed by atoms with Gasteiger partial charge in [-0.2, -0.15) is 0 Å². The number of imidazole rings is 1. The van der Waals surface area contributed by atoms with E-state index in [1.165, 1.54) is 36.9 Å². The monoisotopic (exact) mass is 497 g/mol. The molecule has 1 aliphatic rings. The van der Waals surface area contributed by atoms with Crippen molar-refractivity contribution in [3.63, 3.8) is 0 Å². The van der Waals surface area contributed by atoms with Crippen LogP contribution in [0.4, 0.5) is 5.82 Å². The number of nitrogens with two attached hydrogens (primary N) is 1. The molecule has 0 saturated heterocycles. The van der Waals surface area contributed by atoms with Crippen molar-refractivity contribution < 1.29 is 0 Å². The molecule has 37 heavy (non-hydrogen) atoms. The Hall–Kier alpha value is -2.92. The number of rotatable bonds is 9. The van der Waals surface area contributed by atoms with Gasteiger partial charge in [-0.1, -0.05) is 69.2 Å². The summed E-state index contributed by atoms with van der Waals surface area (Å²) in [6.45, 7) is 14.6. The van der Waals surface area contributed by atoms with E-state index in [0.717, 1.165) is 60.1 Å². The predicted octanol–water partition coefficient (Wildman–Crippen LogP) is 7.35. The van der Waals surface area contributed by atoms with Crippen LogP contribution >= 0.6 is 0 Å². The fourth-order valence-corrected chi connectivity index (χ4v) is 5.68. The zero-order valence-corrected chi connectivity index (χ0v) is 23.3. The van der Waals surface area contributed by atoms with Crippen molar-refractivity contribution >= 4 is 27.8 Å². The second-order valence-corrected chi connectivity index (χ2v) is 12.4. The molecule has 0 aliphatic heterocycles. The van der Waals surface area contributed by atoms with Crippen LogP contribution in [0, 0.1) is 5.41 Å². The fraction of sp³-hybridized carbons (Fsp3) is 0.500. The van der Waals surface area contributed by atoms with Crippen molar-refractivity contribution in [2.24, 2.45) is 5.41 Å². The van der Waals surface area contributed by atoms with Crippen LogP contribution in [-0.4, -0.2) is 31.5 Å². The van der Waals surface area contributed by atoms with Gasteiger partial charge in [-0.3, -0.25) is 4.90 Å². The third-order valence-corrected chi connectivity index (χ3v) is 8.26. The van der Waals surface area contributed by atoms with Crippen molar-refractivity contribution in [1.82, 2.24) is 19.4 Å². The molecule has 2 aromatic heterocycles. The van der Waals surface area contributed by atoms with Crippen LogP contribution in [-0.2, 0) is 19.5 Å². The summed E-state index contributed by atoms with van der Waals surface area (Å²) in [7, 11) is 0. The number of nitrogen functional groups attached to an aromatic ring is 1. The summed E-state index contributed by atoms with van der Waals surface area (Å²) in [4.78, 5) is 12.3. The fourth-order valence-electron chi connectivity index (χ4n) is 5.68. The molecule has 1 aliphatic carbocycles. The number of para-hydroxylation sites is 1. The van der Waals surface area contributed by atoms with Crippen LogP contribution < -0.4 is 5.73 Å². The minimum absolute atomic E-state index is 0.149. The number of aromatic nitrogens is 3. The van der Waals surface area contributed by atoms with Crippen LogP contribution in [0.2, 0.25) is 0 Å². The average Bonchev–Trinajstić information content (AvgIpc) is 3.21. The SMILES string of the molecule is CCCCc1nc2c(N)nc3ccccc3c2n1Cc1ccc(CN(CC2(C)CCC2)C(C)(C)C)cc1. The van der Waals surface area contributed by atoms with Gasteiger partial charge in [0.1, 0.15) is 11.3 Å². The summed E-state index contributed by atoms with van der Waals surface area (Å²) in [5.74, 6) is 1.61. The highest BCUT2D eigenvalue weighted by Gasteiger charge is 2.36. The van der Waals surface area contributed by atoms with Gasteiger partial charge in [0.05, 0.1) is 11.0 Å². The number of unbranched alkanes of at least 4 members (excludes halogenated alkanes) is 1. The maximum Gasteiger partial charge on any atom is 0.152 e. The zero-order valence-electron chi connectivity index (χ0n) is 23.3. The Morgan fingerprint density at radius 1 is 1.00 bits per heavy atom. The van der Waals surface area contributed by atoms with Gasteiger partial charge in [-0.25, -0.2) is 9.97 Å². The largest absolute Gasteiger partial charge is 0.382 e. The number of nitrogens with zero attached hydrogens (tertiary/aromatic N) is 4. The number of hydrogen-bond donors (Lipinski definition) is 1. The number of pyridine rings is 1. The maximum atomic E-state index is 6.39. The highest BCUT2D eigenvalue weighted by Crippen LogP contribution is 2.42. The van der Waals surface area contributed by atoms with Gasteiger partial charge in [-0.15, -0.1) is 0 Å². The third kappa shape index (κ3) is 5.38. The molecule has 196 valence electrons. The van der Waals surface area contributed by atoms with Crippen LogP contribution in [0.25, 0.3) is 21.9 Å². The van der Waals surface area contributed by atoms with Crippen molar-refractivity contribution in [2.75, 3.05) is 12.3 Å². The highest BCUT2D eigenvalue weighted by molar-refractivity contribution is 6.06. The molecule has 0 amide bonds. The van der Waals surface area contributed by atoms with Crippen molar-refractivity contribution in [2.45, 2.75) is 91.8 Å². The third-order valence-electron chi connectivity index (χ3n) is 8.26. The Bertz CT molecular complexity index is 1370. The van der Waals surface area contributed by atoms with E-state index >= 15 is 0 Å². The van der Waals surface area contributed by atoms with Crippen molar-refractivity contribution in [1.29, 1.82) is 0 Å². The Kier molecular flexibility index (Phi) is 7.01. The first-order valence-electron chi connectivity index (χ1n) is 14.0. The first kappa shape index (κ1) is 25.7. The molecule has 0 radical (unpaired) electrons. The zero-order chi connectivity index (χ0) is 26.2. The minimum Gasteiger partial charge on any atom is -0.382 e. The molecule has 5 heteroatoms. The number of fused-ring (bicyclic) bond motifs is 3. The minimum atomic E-state index is 0.149. The lowest BCUT2D eigenvalue weighted by molar-refractivity contribution is 0.0278. The molecule has 2 aromatic carbocycles. The van der Waals surface area contributed by atoms with Gasteiger partial charge in [0.25, 0.3) is 0 Å². The number of hydrogen-bond acceptors (Lipinski definition) is 4. The summed E-state index contributed by atoms with van der Waals surface area (Å²) < 4.78 is 2.37. The van der Waals surface area contributed by atoms with E-state index in [0.29, 0.717) is 11.2 Å². The lowest BCUT2D eigenvalue weighted by Crippen LogP contribution is -2.48.